The van der Waals surface area contributed by atoms with E-state index in [0.29, 0.717) is 13.2 Å². The van der Waals surface area contributed by atoms with Crippen molar-refractivity contribution in [3.63, 3.8) is 0 Å². The fourth-order valence-electron chi connectivity index (χ4n) is 2.43. The molecule has 1 heterocycles. The minimum atomic E-state index is -0.0938. The molecule has 26 heavy (non-hydrogen) atoms. The lowest BCUT2D eigenvalue weighted by atomic mass is 10.2. The van der Waals surface area contributed by atoms with Gasteiger partial charge in [-0.05, 0) is 50.1 Å². The molecule has 0 aliphatic carbocycles. The summed E-state index contributed by atoms with van der Waals surface area (Å²) in [6.45, 7) is 3.35. The van der Waals surface area contributed by atoms with Gasteiger partial charge >= 0.3 is 0 Å². The van der Waals surface area contributed by atoms with Crippen LogP contribution in [0.5, 0.6) is 5.75 Å². The Balaban J connectivity index is 1.33. The molecule has 0 spiro atoms. The number of rotatable bonds is 8. The standard InChI is InChI=1S/C21H22N2O2S/c1-16-8-10-17(11-9-16)25-15-5-4-14-22-20(24)12-13-21-23-18-6-2-3-7-19(18)26-21/h2-3,6-13H,4-5,14-15H2,1H3,(H,22,24)/b13-12+. The predicted molar refractivity (Wildman–Crippen MR) is 108 cm³/mol. The number of unbranched alkanes of at least 4 members (excludes halogenated alkanes) is 1. The third-order valence-electron chi connectivity index (χ3n) is 3.85. The average molecular weight is 366 g/mol. The molecule has 3 rings (SSSR count). The maximum atomic E-state index is 11.9. The number of nitrogens with zero attached hydrogens (tertiary/aromatic N) is 1. The molecule has 0 radical (unpaired) electrons. The molecule has 0 atom stereocenters. The molecule has 3 aromatic rings. The van der Waals surface area contributed by atoms with E-state index in [0.717, 1.165) is 33.8 Å². The summed E-state index contributed by atoms with van der Waals surface area (Å²) in [5.41, 5.74) is 2.19. The second kappa shape index (κ2) is 9.15. The summed E-state index contributed by atoms with van der Waals surface area (Å²) in [5, 5.41) is 3.73. The van der Waals surface area contributed by atoms with Crippen LogP contribution in [-0.4, -0.2) is 24.0 Å². The molecule has 0 fully saturated rings. The molecule has 0 aliphatic rings. The van der Waals surface area contributed by atoms with Gasteiger partial charge in [-0.2, -0.15) is 0 Å². The number of carbonyl (C=O) groups is 1. The molecule has 2 aromatic carbocycles. The van der Waals surface area contributed by atoms with Gasteiger partial charge < -0.3 is 10.1 Å². The van der Waals surface area contributed by atoms with Crippen molar-refractivity contribution < 1.29 is 9.53 Å². The second-order valence-electron chi connectivity index (χ2n) is 6.01. The highest BCUT2D eigenvalue weighted by molar-refractivity contribution is 7.19. The lowest BCUT2D eigenvalue weighted by Gasteiger charge is -2.06. The van der Waals surface area contributed by atoms with E-state index in [1.165, 1.54) is 5.56 Å². The van der Waals surface area contributed by atoms with Gasteiger partial charge in [-0.25, -0.2) is 4.98 Å². The number of nitrogens with one attached hydrogen (secondary N) is 1. The third kappa shape index (κ3) is 5.43. The van der Waals surface area contributed by atoms with Crippen LogP contribution in [0.4, 0.5) is 0 Å². The van der Waals surface area contributed by atoms with Crippen molar-refractivity contribution in [1.82, 2.24) is 10.3 Å². The normalized spacial score (nSPS) is 11.1. The minimum Gasteiger partial charge on any atom is -0.494 e. The Bertz CT molecular complexity index is 851. The van der Waals surface area contributed by atoms with E-state index in [9.17, 15) is 4.79 Å². The number of ether oxygens (including phenoxy) is 1. The number of amides is 1. The fraction of sp³-hybridized carbons (Fsp3) is 0.238. The Morgan fingerprint density at radius 3 is 2.77 bits per heavy atom. The van der Waals surface area contributed by atoms with Crippen LogP contribution >= 0.6 is 11.3 Å². The number of thiazole rings is 1. The van der Waals surface area contributed by atoms with Crippen LogP contribution in [0.1, 0.15) is 23.4 Å². The van der Waals surface area contributed by atoms with E-state index in [2.05, 4.69) is 17.2 Å². The van der Waals surface area contributed by atoms with Crippen molar-refractivity contribution in [2.24, 2.45) is 0 Å². The van der Waals surface area contributed by atoms with E-state index in [1.54, 1.807) is 23.5 Å². The maximum absolute atomic E-state index is 11.9. The van der Waals surface area contributed by atoms with Crippen LogP contribution in [0.2, 0.25) is 0 Å². The number of hydrogen-bond acceptors (Lipinski definition) is 4. The van der Waals surface area contributed by atoms with Crippen molar-refractivity contribution in [3.8, 4) is 5.75 Å². The van der Waals surface area contributed by atoms with Gasteiger partial charge in [-0.3, -0.25) is 4.79 Å². The monoisotopic (exact) mass is 366 g/mol. The van der Waals surface area contributed by atoms with E-state index < -0.39 is 0 Å². The van der Waals surface area contributed by atoms with E-state index in [4.69, 9.17) is 4.74 Å². The molecule has 0 saturated carbocycles. The molecular weight excluding hydrogens is 344 g/mol. The number of hydrogen-bond donors (Lipinski definition) is 1. The molecule has 0 bridgehead atoms. The van der Waals surface area contributed by atoms with Crippen LogP contribution < -0.4 is 10.1 Å². The molecule has 1 amide bonds. The molecule has 5 heteroatoms. The van der Waals surface area contributed by atoms with Gasteiger partial charge in [0.05, 0.1) is 16.8 Å². The molecule has 0 aliphatic heterocycles. The summed E-state index contributed by atoms with van der Waals surface area (Å²) in [7, 11) is 0. The van der Waals surface area contributed by atoms with Gasteiger partial charge in [0.15, 0.2) is 0 Å². The zero-order chi connectivity index (χ0) is 18.2. The Labute approximate surface area is 157 Å². The van der Waals surface area contributed by atoms with Crippen LogP contribution in [0.25, 0.3) is 16.3 Å². The van der Waals surface area contributed by atoms with Gasteiger partial charge in [-0.15, -0.1) is 11.3 Å². The summed E-state index contributed by atoms with van der Waals surface area (Å²) in [4.78, 5) is 16.3. The first kappa shape index (κ1) is 18.1. The smallest absolute Gasteiger partial charge is 0.244 e. The first-order chi connectivity index (χ1) is 12.7. The summed E-state index contributed by atoms with van der Waals surface area (Å²) in [5.74, 6) is 0.794. The second-order valence-corrected chi connectivity index (χ2v) is 7.08. The SMILES string of the molecule is Cc1ccc(OCCCCNC(=O)/C=C/c2nc3ccccc3s2)cc1. The fourth-order valence-corrected chi connectivity index (χ4v) is 3.30. The minimum absolute atomic E-state index is 0.0938. The van der Waals surface area contributed by atoms with E-state index >= 15 is 0 Å². The summed E-state index contributed by atoms with van der Waals surface area (Å²) >= 11 is 1.58. The van der Waals surface area contributed by atoms with Crippen molar-refractivity contribution in [3.05, 3.63) is 65.2 Å². The van der Waals surface area contributed by atoms with E-state index in [-0.39, 0.29) is 5.91 Å². The highest BCUT2D eigenvalue weighted by atomic mass is 32.1. The molecule has 1 aromatic heterocycles. The van der Waals surface area contributed by atoms with Crippen molar-refractivity contribution in [1.29, 1.82) is 0 Å². The largest absolute Gasteiger partial charge is 0.494 e. The Hall–Kier alpha value is -2.66. The predicted octanol–water partition coefficient (Wildman–Crippen LogP) is 4.59. The van der Waals surface area contributed by atoms with Gasteiger partial charge in [0.1, 0.15) is 10.8 Å². The molecule has 4 nitrogen and oxygen atoms in total. The quantitative estimate of drug-likeness (QED) is 0.468. The number of carbonyl (C=O) groups excluding carboxylic acids is 1. The van der Waals surface area contributed by atoms with Crippen molar-refractivity contribution in [2.75, 3.05) is 13.2 Å². The Kier molecular flexibility index (Phi) is 6.39. The first-order valence-electron chi connectivity index (χ1n) is 8.72. The van der Waals surface area contributed by atoms with Crippen LogP contribution in [0, 0.1) is 6.92 Å². The number of aryl methyl sites for hydroxylation is 1. The van der Waals surface area contributed by atoms with Gasteiger partial charge in [-0.1, -0.05) is 29.8 Å². The molecule has 1 N–H and O–H groups in total. The maximum Gasteiger partial charge on any atom is 0.244 e. The Morgan fingerprint density at radius 2 is 1.96 bits per heavy atom. The molecule has 0 unspecified atom stereocenters. The molecular formula is C21H22N2O2S. The summed E-state index contributed by atoms with van der Waals surface area (Å²) in [6.07, 6.45) is 5.09. The van der Waals surface area contributed by atoms with Gasteiger partial charge in [0.2, 0.25) is 5.91 Å². The van der Waals surface area contributed by atoms with Crippen LogP contribution in [-0.2, 0) is 4.79 Å². The van der Waals surface area contributed by atoms with Gasteiger partial charge in [0, 0.05) is 12.6 Å². The van der Waals surface area contributed by atoms with Crippen LogP contribution in [0.15, 0.2) is 54.6 Å². The van der Waals surface area contributed by atoms with Gasteiger partial charge in [0.25, 0.3) is 0 Å². The number of fused-ring (bicyclic) bond motifs is 1. The third-order valence-corrected chi connectivity index (χ3v) is 4.85. The number of benzene rings is 2. The van der Waals surface area contributed by atoms with Crippen molar-refractivity contribution >= 4 is 33.5 Å². The summed E-state index contributed by atoms with van der Waals surface area (Å²) < 4.78 is 6.79. The van der Waals surface area contributed by atoms with Crippen LogP contribution in [0.3, 0.4) is 0 Å². The zero-order valence-electron chi connectivity index (χ0n) is 14.8. The molecule has 134 valence electrons. The Morgan fingerprint density at radius 1 is 1.15 bits per heavy atom. The number of para-hydroxylation sites is 1. The lowest BCUT2D eigenvalue weighted by molar-refractivity contribution is -0.116. The van der Waals surface area contributed by atoms with Crippen molar-refractivity contribution in [2.45, 2.75) is 19.8 Å². The zero-order valence-corrected chi connectivity index (χ0v) is 15.6. The molecule has 0 saturated heterocycles. The first-order valence-corrected chi connectivity index (χ1v) is 9.53. The highest BCUT2D eigenvalue weighted by Crippen LogP contribution is 2.22. The lowest BCUT2D eigenvalue weighted by Crippen LogP contribution is -2.22. The average Bonchev–Trinajstić information content (AvgIpc) is 3.07. The van der Waals surface area contributed by atoms with E-state index in [1.807, 2.05) is 48.5 Å². The highest BCUT2D eigenvalue weighted by Gasteiger charge is 2.01. The topological polar surface area (TPSA) is 51.2 Å². The number of aromatic nitrogens is 1. The summed E-state index contributed by atoms with van der Waals surface area (Å²) in [6, 6.07) is 16.0.